The molecule has 0 saturated carbocycles. The SMILES string of the molecule is CNc1nc(Cl)cnc1-c1cccc(Cl)c1Cl. The van der Waals surface area contributed by atoms with Crippen molar-refractivity contribution in [2.45, 2.75) is 0 Å². The lowest BCUT2D eigenvalue weighted by molar-refractivity contribution is 1.19. The molecule has 3 nitrogen and oxygen atoms in total. The van der Waals surface area contributed by atoms with Crippen molar-refractivity contribution >= 4 is 40.6 Å². The van der Waals surface area contributed by atoms with Gasteiger partial charge in [-0.15, -0.1) is 0 Å². The summed E-state index contributed by atoms with van der Waals surface area (Å²) >= 11 is 17.9. The minimum Gasteiger partial charge on any atom is -0.371 e. The number of hydrogen-bond acceptors (Lipinski definition) is 3. The predicted octanol–water partition coefficient (Wildman–Crippen LogP) is 4.15. The quantitative estimate of drug-likeness (QED) is 0.902. The average Bonchev–Trinajstić information content (AvgIpc) is 2.33. The molecule has 0 aliphatic heterocycles. The molecular formula is C11H8Cl3N3. The zero-order chi connectivity index (χ0) is 12.4. The summed E-state index contributed by atoms with van der Waals surface area (Å²) in [5.74, 6) is 0.557. The van der Waals surface area contributed by atoms with Crippen LogP contribution >= 0.6 is 34.8 Å². The van der Waals surface area contributed by atoms with Gasteiger partial charge in [-0.2, -0.15) is 0 Å². The van der Waals surface area contributed by atoms with Crippen LogP contribution in [0.2, 0.25) is 15.2 Å². The van der Waals surface area contributed by atoms with Crippen LogP contribution in [0.5, 0.6) is 0 Å². The molecule has 0 bridgehead atoms. The highest BCUT2D eigenvalue weighted by molar-refractivity contribution is 6.43. The number of rotatable bonds is 2. The van der Waals surface area contributed by atoms with Gasteiger partial charge in [-0.25, -0.2) is 9.97 Å². The summed E-state index contributed by atoms with van der Waals surface area (Å²) in [5.41, 5.74) is 1.33. The maximum atomic E-state index is 6.14. The van der Waals surface area contributed by atoms with Gasteiger partial charge in [-0.1, -0.05) is 46.9 Å². The summed E-state index contributed by atoms with van der Waals surface area (Å²) in [5, 5.41) is 4.16. The maximum Gasteiger partial charge on any atom is 0.154 e. The second kappa shape index (κ2) is 5.08. The van der Waals surface area contributed by atoms with E-state index in [0.717, 1.165) is 0 Å². The van der Waals surface area contributed by atoms with Crippen molar-refractivity contribution in [3.8, 4) is 11.3 Å². The van der Waals surface area contributed by atoms with Crippen LogP contribution in [0.1, 0.15) is 0 Å². The Bertz CT molecular complexity index is 558. The molecule has 0 radical (unpaired) electrons. The van der Waals surface area contributed by atoms with Crippen LogP contribution in [0.25, 0.3) is 11.3 Å². The summed E-state index contributed by atoms with van der Waals surface area (Å²) in [6, 6.07) is 5.35. The topological polar surface area (TPSA) is 37.8 Å². The monoisotopic (exact) mass is 287 g/mol. The van der Waals surface area contributed by atoms with Crippen LogP contribution < -0.4 is 5.32 Å². The minimum atomic E-state index is 0.316. The smallest absolute Gasteiger partial charge is 0.154 e. The first kappa shape index (κ1) is 12.4. The van der Waals surface area contributed by atoms with Gasteiger partial charge >= 0.3 is 0 Å². The van der Waals surface area contributed by atoms with Crippen LogP contribution in [-0.2, 0) is 0 Å². The Morgan fingerprint density at radius 2 is 1.94 bits per heavy atom. The van der Waals surface area contributed by atoms with Crippen molar-refractivity contribution in [2.24, 2.45) is 0 Å². The molecule has 0 aliphatic rings. The summed E-state index contributed by atoms with van der Waals surface area (Å²) in [7, 11) is 1.74. The van der Waals surface area contributed by atoms with E-state index in [1.54, 1.807) is 19.2 Å². The highest BCUT2D eigenvalue weighted by Crippen LogP contribution is 2.35. The first-order chi connectivity index (χ1) is 8.13. The van der Waals surface area contributed by atoms with Crippen LogP contribution in [0.15, 0.2) is 24.4 Å². The van der Waals surface area contributed by atoms with Gasteiger partial charge in [0.2, 0.25) is 0 Å². The first-order valence-electron chi connectivity index (χ1n) is 4.78. The van der Waals surface area contributed by atoms with Crippen LogP contribution in [0.3, 0.4) is 0 Å². The number of nitrogens with zero attached hydrogens (tertiary/aromatic N) is 2. The second-order valence-corrected chi connectivity index (χ2v) is 4.41. The fourth-order valence-electron chi connectivity index (χ4n) is 1.43. The third-order valence-corrected chi connectivity index (χ3v) is 3.19. The Hall–Kier alpha value is -1.03. The molecule has 17 heavy (non-hydrogen) atoms. The number of benzene rings is 1. The molecule has 1 aromatic carbocycles. The van der Waals surface area contributed by atoms with Gasteiger partial charge in [-0.3, -0.25) is 0 Å². The Morgan fingerprint density at radius 3 is 2.65 bits per heavy atom. The first-order valence-corrected chi connectivity index (χ1v) is 5.91. The van der Waals surface area contributed by atoms with Crippen LogP contribution in [0.4, 0.5) is 5.82 Å². The van der Waals surface area contributed by atoms with Gasteiger partial charge in [-0.05, 0) is 6.07 Å². The molecular weight excluding hydrogens is 281 g/mol. The predicted molar refractivity (Wildman–Crippen MR) is 72.0 cm³/mol. The van der Waals surface area contributed by atoms with Gasteiger partial charge in [0, 0.05) is 12.6 Å². The third kappa shape index (κ3) is 2.46. The van der Waals surface area contributed by atoms with Crippen molar-refractivity contribution in [1.82, 2.24) is 9.97 Å². The van der Waals surface area contributed by atoms with Crippen LogP contribution in [-0.4, -0.2) is 17.0 Å². The lowest BCUT2D eigenvalue weighted by Crippen LogP contribution is -1.98. The number of halogens is 3. The fraction of sp³-hybridized carbons (Fsp3) is 0.0909. The van der Waals surface area contributed by atoms with E-state index in [4.69, 9.17) is 34.8 Å². The van der Waals surface area contributed by atoms with Gasteiger partial charge in [0.1, 0.15) is 10.8 Å². The van der Waals surface area contributed by atoms with Crippen molar-refractivity contribution in [1.29, 1.82) is 0 Å². The van der Waals surface area contributed by atoms with E-state index in [1.807, 2.05) is 6.07 Å². The zero-order valence-corrected chi connectivity index (χ0v) is 11.1. The molecule has 6 heteroatoms. The number of anilines is 1. The largest absolute Gasteiger partial charge is 0.371 e. The third-order valence-electron chi connectivity index (χ3n) is 2.19. The molecule has 0 unspecified atom stereocenters. The molecule has 1 heterocycles. The van der Waals surface area contributed by atoms with Gasteiger partial charge < -0.3 is 5.32 Å². The summed E-state index contributed by atoms with van der Waals surface area (Å²) in [4.78, 5) is 8.35. The van der Waals surface area contributed by atoms with E-state index in [1.165, 1.54) is 6.20 Å². The molecule has 88 valence electrons. The highest BCUT2D eigenvalue weighted by atomic mass is 35.5. The number of hydrogen-bond donors (Lipinski definition) is 1. The van der Waals surface area contributed by atoms with Gasteiger partial charge in [0.15, 0.2) is 5.82 Å². The molecule has 0 aliphatic carbocycles. The van der Waals surface area contributed by atoms with Crippen molar-refractivity contribution in [3.05, 3.63) is 39.6 Å². The Labute approximate surface area is 114 Å². The van der Waals surface area contributed by atoms with E-state index >= 15 is 0 Å². The molecule has 2 rings (SSSR count). The van der Waals surface area contributed by atoms with Crippen molar-refractivity contribution in [2.75, 3.05) is 12.4 Å². The number of aromatic nitrogens is 2. The molecule has 0 atom stereocenters. The summed E-state index contributed by atoms with van der Waals surface area (Å²) in [6.07, 6.45) is 1.47. The van der Waals surface area contributed by atoms with Crippen LogP contribution in [0, 0.1) is 0 Å². The van der Waals surface area contributed by atoms with Crippen molar-refractivity contribution in [3.63, 3.8) is 0 Å². The average molecular weight is 289 g/mol. The highest BCUT2D eigenvalue weighted by Gasteiger charge is 2.13. The Balaban J connectivity index is 2.64. The lowest BCUT2D eigenvalue weighted by Gasteiger charge is -2.09. The summed E-state index contributed by atoms with van der Waals surface area (Å²) < 4.78 is 0. The van der Waals surface area contributed by atoms with E-state index in [-0.39, 0.29) is 0 Å². The standard InChI is InChI=1S/C11H8Cl3N3/c1-15-11-10(16-5-8(13)17-11)6-3-2-4-7(12)9(6)14/h2-5H,1H3,(H,15,17). The Kier molecular flexibility index (Phi) is 3.72. The van der Waals surface area contributed by atoms with Gasteiger partial charge in [0.25, 0.3) is 0 Å². The molecule has 0 fully saturated rings. The van der Waals surface area contributed by atoms with E-state index in [2.05, 4.69) is 15.3 Å². The normalized spacial score (nSPS) is 10.4. The fourth-order valence-corrected chi connectivity index (χ4v) is 1.95. The number of nitrogens with one attached hydrogen (secondary N) is 1. The molecule has 0 amide bonds. The van der Waals surface area contributed by atoms with Crippen molar-refractivity contribution < 1.29 is 0 Å². The molecule has 0 saturated heterocycles. The minimum absolute atomic E-state index is 0.316. The van der Waals surface area contributed by atoms with E-state index in [9.17, 15) is 0 Å². The molecule has 1 N–H and O–H groups in total. The summed E-state index contributed by atoms with van der Waals surface area (Å²) in [6.45, 7) is 0. The molecule has 0 spiro atoms. The Morgan fingerprint density at radius 1 is 1.18 bits per heavy atom. The van der Waals surface area contributed by atoms with Gasteiger partial charge in [0.05, 0.1) is 16.2 Å². The van der Waals surface area contributed by atoms with E-state index < -0.39 is 0 Å². The molecule has 2 aromatic rings. The molecule has 1 aromatic heterocycles. The van der Waals surface area contributed by atoms with E-state index in [0.29, 0.717) is 32.3 Å². The maximum absolute atomic E-state index is 6.14. The zero-order valence-electron chi connectivity index (χ0n) is 8.84. The lowest BCUT2D eigenvalue weighted by atomic mass is 10.1. The second-order valence-electron chi connectivity index (χ2n) is 3.24.